The molecule has 1 aromatic carbocycles. The number of Topliss-reactive ketones (excluding diaryl/α,β-unsaturated/α-hetero) is 1. The van der Waals surface area contributed by atoms with E-state index in [1.54, 1.807) is 24.3 Å². The van der Waals surface area contributed by atoms with E-state index >= 15 is 0 Å². The van der Waals surface area contributed by atoms with Crippen LogP contribution in [0.15, 0.2) is 47.8 Å². The van der Waals surface area contributed by atoms with Gasteiger partial charge in [-0.3, -0.25) is 9.59 Å². The van der Waals surface area contributed by atoms with E-state index in [1.165, 1.54) is 14.2 Å². The lowest BCUT2D eigenvalue weighted by molar-refractivity contribution is -0.144. The van der Waals surface area contributed by atoms with Crippen molar-refractivity contribution in [1.29, 1.82) is 0 Å². The second-order valence-electron chi connectivity index (χ2n) is 6.41. The first-order valence-corrected chi connectivity index (χ1v) is 8.46. The van der Waals surface area contributed by atoms with E-state index < -0.39 is 23.8 Å². The minimum Gasteiger partial charge on any atom is -0.468 e. The second-order valence-corrected chi connectivity index (χ2v) is 6.41. The highest BCUT2D eigenvalue weighted by molar-refractivity contribution is 6.00. The maximum atomic E-state index is 12.6. The molecule has 1 heterocycles. The molecule has 6 nitrogen and oxygen atoms in total. The lowest BCUT2D eigenvalue weighted by Crippen LogP contribution is -2.40. The third kappa shape index (κ3) is 3.03. The van der Waals surface area contributed by atoms with Crippen LogP contribution in [0.1, 0.15) is 41.1 Å². The molecule has 2 unspecified atom stereocenters. The van der Waals surface area contributed by atoms with Crippen molar-refractivity contribution >= 4 is 17.7 Å². The quantitative estimate of drug-likeness (QED) is 0.839. The van der Waals surface area contributed by atoms with Gasteiger partial charge in [0.2, 0.25) is 0 Å². The van der Waals surface area contributed by atoms with Crippen LogP contribution in [0.3, 0.4) is 0 Å². The molecule has 6 heteroatoms. The van der Waals surface area contributed by atoms with Crippen LogP contribution in [0.25, 0.3) is 0 Å². The zero-order chi connectivity index (χ0) is 18.8. The Balaban J connectivity index is 2.10. The van der Waals surface area contributed by atoms with Crippen LogP contribution in [-0.2, 0) is 19.1 Å². The molecule has 0 aromatic heterocycles. The van der Waals surface area contributed by atoms with Crippen LogP contribution >= 0.6 is 0 Å². The molecule has 0 amide bonds. The lowest BCUT2D eigenvalue weighted by atomic mass is 9.71. The number of esters is 2. The number of nitrogens with one attached hydrogen (secondary N) is 1. The molecule has 0 spiro atoms. The van der Waals surface area contributed by atoms with E-state index in [0.29, 0.717) is 23.3 Å². The van der Waals surface area contributed by atoms with Crippen molar-refractivity contribution in [2.24, 2.45) is 5.92 Å². The van der Waals surface area contributed by atoms with E-state index in [1.807, 2.05) is 0 Å². The topological polar surface area (TPSA) is 81.7 Å². The summed E-state index contributed by atoms with van der Waals surface area (Å²) in [4.78, 5) is 36.7. The first-order chi connectivity index (χ1) is 12.5. The molecular formula is C20H21NO5. The summed E-state index contributed by atoms with van der Waals surface area (Å²) in [5.41, 5.74) is 3.13. The van der Waals surface area contributed by atoms with Gasteiger partial charge in [0, 0.05) is 29.3 Å². The lowest BCUT2D eigenvalue weighted by Gasteiger charge is -2.38. The number of hydrogen-bond acceptors (Lipinski definition) is 6. The molecule has 2 atom stereocenters. The van der Waals surface area contributed by atoms with Crippen molar-refractivity contribution in [1.82, 2.24) is 5.32 Å². The van der Waals surface area contributed by atoms with Crippen molar-refractivity contribution < 1.29 is 23.9 Å². The first kappa shape index (κ1) is 17.9. The largest absolute Gasteiger partial charge is 0.468 e. The Kier molecular flexibility index (Phi) is 4.93. The number of rotatable bonds is 3. The van der Waals surface area contributed by atoms with Crippen LogP contribution in [0.2, 0.25) is 0 Å². The maximum Gasteiger partial charge on any atom is 0.337 e. The molecule has 0 saturated carbocycles. The molecule has 136 valence electrons. The summed E-state index contributed by atoms with van der Waals surface area (Å²) in [7, 11) is 2.64. The number of carbonyl (C=O) groups excluding carboxylic acids is 3. The van der Waals surface area contributed by atoms with Crippen molar-refractivity contribution in [2.75, 3.05) is 14.2 Å². The Morgan fingerprint density at radius 2 is 1.81 bits per heavy atom. The fraction of sp³-hybridized carbons (Fsp3) is 0.350. The molecule has 1 aromatic rings. The standard InChI is InChI=1S/C20H21NO5/c1-11-16(20(24)26-3)17(18-14(21-11)5-4-6-15(18)22)12-7-9-13(10-8-12)19(23)25-2/h7-10,16-17,21H,1,4-6H2,2-3H3. The smallest absolute Gasteiger partial charge is 0.337 e. The fourth-order valence-corrected chi connectivity index (χ4v) is 3.70. The summed E-state index contributed by atoms with van der Waals surface area (Å²) in [6.45, 7) is 3.98. The fourth-order valence-electron chi connectivity index (χ4n) is 3.70. The normalized spacial score (nSPS) is 22.4. The number of ether oxygens (including phenoxy) is 2. The molecule has 26 heavy (non-hydrogen) atoms. The van der Waals surface area contributed by atoms with Crippen LogP contribution < -0.4 is 5.32 Å². The van der Waals surface area contributed by atoms with Crippen molar-refractivity contribution in [3.05, 3.63) is 58.9 Å². The third-order valence-electron chi connectivity index (χ3n) is 4.93. The Bertz CT molecular complexity index is 806. The van der Waals surface area contributed by atoms with E-state index in [9.17, 15) is 14.4 Å². The summed E-state index contributed by atoms with van der Waals surface area (Å²) in [5.74, 6) is -2.04. The van der Waals surface area contributed by atoms with Gasteiger partial charge in [0.05, 0.1) is 19.8 Å². The summed E-state index contributed by atoms with van der Waals surface area (Å²) < 4.78 is 9.68. The van der Waals surface area contributed by atoms with Crippen molar-refractivity contribution in [2.45, 2.75) is 25.2 Å². The average Bonchev–Trinajstić information content (AvgIpc) is 2.66. The predicted molar refractivity (Wildman–Crippen MR) is 94.2 cm³/mol. The number of benzene rings is 1. The number of allylic oxidation sites excluding steroid dienone is 2. The Labute approximate surface area is 151 Å². The van der Waals surface area contributed by atoms with E-state index in [0.717, 1.165) is 24.1 Å². The maximum absolute atomic E-state index is 12.6. The number of carbonyl (C=O) groups is 3. The Morgan fingerprint density at radius 1 is 1.12 bits per heavy atom. The minimum absolute atomic E-state index is 0.0298. The summed E-state index contributed by atoms with van der Waals surface area (Å²) in [5, 5.41) is 3.14. The van der Waals surface area contributed by atoms with Gasteiger partial charge >= 0.3 is 11.9 Å². The van der Waals surface area contributed by atoms with E-state index in [2.05, 4.69) is 11.9 Å². The molecule has 0 saturated heterocycles. The Hall–Kier alpha value is -2.89. The van der Waals surface area contributed by atoms with Gasteiger partial charge in [0.15, 0.2) is 5.78 Å². The van der Waals surface area contributed by atoms with Crippen LogP contribution in [0.4, 0.5) is 0 Å². The van der Waals surface area contributed by atoms with Gasteiger partial charge in [-0.2, -0.15) is 0 Å². The van der Waals surface area contributed by atoms with Crippen LogP contribution in [0.5, 0.6) is 0 Å². The van der Waals surface area contributed by atoms with Gasteiger partial charge in [-0.15, -0.1) is 0 Å². The van der Waals surface area contributed by atoms with Crippen LogP contribution in [-0.4, -0.2) is 31.9 Å². The molecule has 0 fully saturated rings. The zero-order valence-electron chi connectivity index (χ0n) is 14.8. The third-order valence-corrected chi connectivity index (χ3v) is 4.93. The highest BCUT2D eigenvalue weighted by atomic mass is 16.5. The molecule has 1 aliphatic carbocycles. The van der Waals surface area contributed by atoms with Gasteiger partial charge in [-0.05, 0) is 30.5 Å². The van der Waals surface area contributed by atoms with Crippen LogP contribution in [0, 0.1) is 5.92 Å². The molecule has 3 rings (SSSR count). The van der Waals surface area contributed by atoms with Gasteiger partial charge in [0.1, 0.15) is 5.92 Å². The SMILES string of the molecule is C=C1NC2=C(C(=O)CCC2)C(c2ccc(C(=O)OC)cc2)C1C(=O)OC. The Morgan fingerprint density at radius 3 is 2.42 bits per heavy atom. The number of hydrogen-bond donors (Lipinski definition) is 1. The molecule has 2 aliphatic rings. The van der Waals surface area contributed by atoms with Gasteiger partial charge in [-0.25, -0.2) is 4.79 Å². The highest BCUT2D eigenvalue weighted by Crippen LogP contribution is 2.44. The summed E-state index contributed by atoms with van der Waals surface area (Å²) in [6.07, 6.45) is 1.97. The first-order valence-electron chi connectivity index (χ1n) is 8.46. The van der Waals surface area contributed by atoms with Gasteiger partial charge in [-0.1, -0.05) is 18.7 Å². The van der Waals surface area contributed by atoms with Gasteiger partial charge in [0.25, 0.3) is 0 Å². The zero-order valence-corrected chi connectivity index (χ0v) is 14.8. The number of methoxy groups -OCH3 is 2. The van der Waals surface area contributed by atoms with E-state index in [-0.39, 0.29) is 5.78 Å². The summed E-state index contributed by atoms with van der Waals surface area (Å²) in [6, 6.07) is 6.76. The van der Waals surface area contributed by atoms with Gasteiger partial charge < -0.3 is 14.8 Å². The molecule has 0 bridgehead atoms. The molecule has 0 radical (unpaired) electrons. The molecule has 1 aliphatic heterocycles. The minimum atomic E-state index is -0.704. The predicted octanol–water partition coefficient (Wildman–Crippen LogP) is 2.47. The van der Waals surface area contributed by atoms with E-state index in [4.69, 9.17) is 9.47 Å². The average molecular weight is 355 g/mol. The molecular weight excluding hydrogens is 334 g/mol. The van der Waals surface area contributed by atoms with Crippen molar-refractivity contribution in [3.63, 3.8) is 0 Å². The number of ketones is 1. The second kappa shape index (κ2) is 7.15. The molecule has 1 N–H and O–H groups in total. The monoisotopic (exact) mass is 355 g/mol. The van der Waals surface area contributed by atoms with Crippen molar-refractivity contribution in [3.8, 4) is 0 Å². The summed E-state index contributed by atoms with van der Waals surface area (Å²) >= 11 is 0. The highest BCUT2D eigenvalue weighted by Gasteiger charge is 2.43.